The Morgan fingerprint density at radius 3 is 2.90 bits per heavy atom. The Hall–Kier alpha value is -0.710. The number of nitrogens with zero attached hydrogens (tertiary/aromatic N) is 1. The Labute approximate surface area is 130 Å². The third kappa shape index (κ3) is 3.30. The van der Waals surface area contributed by atoms with Crippen LogP contribution in [0.25, 0.3) is 0 Å². The van der Waals surface area contributed by atoms with Gasteiger partial charge in [0.1, 0.15) is 6.17 Å². The normalized spacial score (nSPS) is 24.2. The Balaban J connectivity index is 2.23. The summed E-state index contributed by atoms with van der Waals surface area (Å²) in [4.78, 5) is 14.4. The van der Waals surface area contributed by atoms with Crippen LogP contribution in [0.2, 0.25) is 5.02 Å². The molecule has 1 amide bonds. The van der Waals surface area contributed by atoms with Gasteiger partial charge in [0, 0.05) is 16.8 Å². The molecule has 0 saturated carbocycles. The zero-order valence-corrected chi connectivity index (χ0v) is 13.7. The van der Waals surface area contributed by atoms with Gasteiger partial charge in [-0.3, -0.25) is 10.1 Å². The fourth-order valence-corrected chi connectivity index (χ4v) is 3.45. The Morgan fingerprint density at radius 2 is 2.25 bits per heavy atom. The van der Waals surface area contributed by atoms with Crippen molar-refractivity contribution in [2.75, 3.05) is 11.5 Å². The molecule has 0 aliphatic carbocycles. The van der Waals surface area contributed by atoms with Crippen molar-refractivity contribution >= 4 is 29.3 Å². The highest BCUT2D eigenvalue weighted by atomic mass is 35.5. The van der Waals surface area contributed by atoms with Crippen molar-refractivity contribution in [2.24, 2.45) is 0 Å². The van der Waals surface area contributed by atoms with Gasteiger partial charge in [0.2, 0.25) is 5.91 Å². The van der Waals surface area contributed by atoms with Crippen molar-refractivity contribution in [3.63, 3.8) is 0 Å². The third-order valence-electron chi connectivity index (χ3n) is 3.51. The van der Waals surface area contributed by atoms with Gasteiger partial charge in [-0.05, 0) is 37.3 Å². The Morgan fingerprint density at radius 1 is 1.50 bits per heavy atom. The van der Waals surface area contributed by atoms with Crippen molar-refractivity contribution < 1.29 is 4.79 Å². The van der Waals surface area contributed by atoms with E-state index in [1.54, 1.807) is 0 Å². The molecule has 1 aliphatic rings. The summed E-state index contributed by atoms with van der Waals surface area (Å²) in [5.74, 6) is 2.18. The van der Waals surface area contributed by atoms with Crippen LogP contribution in [0, 0.1) is 0 Å². The van der Waals surface area contributed by atoms with Crippen LogP contribution >= 0.6 is 23.4 Å². The minimum Gasteiger partial charge on any atom is -0.318 e. The molecule has 0 radical (unpaired) electrons. The molecule has 1 fully saturated rings. The minimum absolute atomic E-state index is 0.0799. The quantitative estimate of drug-likeness (QED) is 0.905. The van der Waals surface area contributed by atoms with E-state index in [0.717, 1.165) is 17.1 Å². The predicted molar refractivity (Wildman–Crippen MR) is 86.1 cm³/mol. The van der Waals surface area contributed by atoms with Crippen LogP contribution in [-0.2, 0) is 4.79 Å². The molecular weight excluding hydrogens is 292 g/mol. The molecule has 1 aromatic carbocycles. The summed E-state index contributed by atoms with van der Waals surface area (Å²) in [6, 6.07) is 7.78. The molecular formula is C15H21ClN2OS. The minimum atomic E-state index is -0.145. The molecule has 1 N–H and O–H groups in total. The molecule has 110 valence electrons. The first-order valence-corrected chi connectivity index (χ1v) is 8.49. The second kappa shape index (κ2) is 6.83. The van der Waals surface area contributed by atoms with Crippen molar-refractivity contribution in [1.82, 2.24) is 10.2 Å². The molecule has 0 bridgehead atoms. The lowest BCUT2D eigenvalue weighted by Crippen LogP contribution is -2.39. The van der Waals surface area contributed by atoms with E-state index in [1.807, 2.05) is 47.9 Å². The average molecular weight is 313 g/mol. The summed E-state index contributed by atoms with van der Waals surface area (Å²) >= 11 is 7.93. The van der Waals surface area contributed by atoms with Gasteiger partial charge in [0.25, 0.3) is 0 Å². The molecule has 1 heterocycles. The fourth-order valence-electron chi connectivity index (χ4n) is 2.51. The topological polar surface area (TPSA) is 32.3 Å². The van der Waals surface area contributed by atoms with E-state index >= 15 is 0 Å². The average Bonchev–Trinajstić information content (AvgIpc) is 2.72. The molecule has 0 aromatic heterocycles. The van der Waals surface area contributed by atoms with Crippen LogP contribution in [0.15, 0.2) is 24.3 Å². The van der Waals surface area contributed by atoms with Crippen molar-refractivity contribution in [1.29, 1.82) is 0 Å². The number of carbonyl (C=O) groups excluding carboxylic acids is 1. The second-order valence-electron chi connectivity index (χ2n) is 5.10. The number of thioether (sulfide) groups is 1. The number of hydrogen-bond donors (Lipinski definition) is 1. The van der Waals surface area contributed by atoms with Crippen molar-refractivity contribution in [3.05, 3.63) is 34.9 Å². The molecule has 5 heteroatoms. The molecule has 3 unspecified atom stereocenters. The van der Waals surface area contributed by atoms with E-state index in [1.165, 1.54) is 0 Å². The van der Waals surface area contributed by atoms with E-state index in [0.29, 0.717) is 5.02 Å². The molecule has 20 heavy (non-hydrogen) atoms. The van der Waals surface area contributed by atoms with E-state index in [2.05, 4.69) is 19.2 Å². The first-order chi connectivity index (χ1) is 9.54. The van der Waals surface area contributed by atoms with Gasteiger partial charge in [-0.15, -0.1) is 0 Å². The van der Waals surface area contributed by atoms with Crippen LogP contribution < -0.4 is 5.32 Å². The van der Waals surface area contributed by atoms with Gasteiger partial charge >= 0.3 is 0 Å². The monoisotopic (exact) mass is 312 g/mol. The number of rotatable bonds is 5. The number of halogens is 1. The van der Waals surface area contributed by atoms with Crippen molar-refractivity contribution in [2.45, 2.75) is 39.0 Å². The standard InChI is InChI=1S/C15H21ClN2OS/c1-4-20-9-10(2)18-14(17-11(3)15(18)19)12-6-5-7-13(16)8-12/h5-8,10-11,14,17H,4,9H2,1-3H3. The zero-order valence-electron chi connectivity index (χ0n) is 12.1. The van der Waals surface area contributed by atoms with Gasteiger partial charge in [0.05, 0.1) is 6.04 Å². The van der Waals surface area contributed by atoms with E-state index in [4.69, 9.17) is 11.6 Å². The maximum Gasteiger partial charge on any atom is 0.241 e. The maximum atomic E-state index is 12.4. The molecule has 3 nitrogen and oxygen atoms in total. The van der Waals surface area contributed by atoms with Crippen LogP contribution in [0.1, 0.15) is 32.5 Å². The molecule has 0 spiro atoms. The number of benzene rings is 1. The van der Waals surface area contributed by atoms with E-state index < -0.39 is 0 Å². The molecule has 3 atom stereocenters. The van der Waals surface area contributed by atoms with Crippen LogP contribution in [-0.4, -0.2) is 34.4 Å². The molecule has 1 aromatic rings. The first kappa shape index (κ1) is 15.7. The highest BCUT2D eigenvalue weighted by molar-refractivity contribution is 7.99. The van der Waals surface area contributed by atoms with Crippen molar-refractivity contribution in [3.8, 4) is 0 Å². The molecule has 1 saturated heterocycles. The second-order valence-corrected chi connectivity index (χ2v) is 6.86. The van der Waals surface area contributed by atoms with Gasteiger partial charge in [-0.2, -0.15) is 11.8 Å². The highest BCUT2D eigenvalue weighted by Gasteiger charge is 2.39. The lowest BCUT2D eigenvalue weighted by molar-refractivity contribution is -0.131. The number of carbonyl (C=O) groups is 1. The summed E-state index contributed by atoms with van der Waals surface area (Å²) in [6.45, 7) is 6.16. The lowest BCUT2D eigenvalue weighted by atomic mass is 10.1. The SMILES string of the molecule is CCSCC(C)N1C(=O)C(C)NC1c1cccc(Cl)c1. The van der Waals surface area contributed by atoms with Gasteiger partial charge < -0.3 is 4.90 Å². The van der Waals surface area contributed by atoms with Gasteiger partial charge in [0.15, 0.2) is 0 Å². The van der Waals surface area contributed by atoms with Crippen LogP contribution in [0.3, 0.4) is 0 Å². The van der Waals surface area contributed by atoms with Crippen LogP contribution in [0.4, 0.5) is 0 Å². The van der Waals surface area contributed by atoms with E-state index in [-0.39, 0.29) is 24.2 Å². The third-order valence-corrected chi connectivity index (χ3v) is 4.87. The first-order valence-electron chi connectivity index (χ1n) is 6.96. The highest BCUT2D eigenvalue weighted by Crippen LogP contribution is 2.29. The smallest absolute Gasteiger partial charge is 0.241 e. The Kier molecular flexibility index (Phi) is 5.35. The summed E-state index contributed by atoms with van der Waals surface area (Å²) in [6.07, 6.45) is -0.0799. The molecule has 1 aliphatic heterocycles. The number of nitrogens with one attached hydrogen (secondary N) is 1. The van der Waals surface area contributed by atoms with Gasteiger partial charge in [-0.25, -0.2) is 0 Å². The zero-order chi connectivity index (χ0) is 14.7. The maximum absolute atomic E-state index is 12.4. The summed E-state index contributed by atoms with van der Waals surface area (Å²) in [7, 11) is 0. The summed E-state index contributed by atoms with van der Waals surface area (Å²) in [5.41, 5.74) is 1.04. The fraction of sp³-hybridized carbons (Fsp3) is 0.533. The lowest BCUT2D eigenvalue weighted by Gasteiger charge is -2.30. The van der Waals surface area contributed by atoms with Crippen LogP contribution in [0.5, 0.6) is 0 Å². The van der Waals surface area contributed by atoms with Gasteiger partial charge in [-0.1, -0.05) is 30.7 Å². The summed E-state index contributed by atoms with van der Waals surface area (Å²) < 4.78 is 0. The summed E-state index contributed by atoms with van der Waals surface area (Å²) in [5, 5.41) is 4.06. The predicted octanol–water partition coefficient (Wildman–Crippen LogP) is 3.30. The molecule has 2 rings (SSSR count). The van der Waals surface area contributed by atoms with E-state index in [9.17, 15) is 4.79 Å². The Bertz CT molecular complexity index is 483. The number of hydrogen-bond acceptors (Lipinski definition) is 3. The largest absolute Gasteiger partial charge is 0.318 e. The number of amides is 1.